The van der Waals surface area contributed by atoms with Gasteiger partial charge in [-0.2, -0.15) is 0 Å². The summed E-state index contributed by atoms with van der Waals surface area (Å²) in [5.74, 6) is -0.359. The predicted octanol–water partition coefficient (Wildman–Crippen LogP) is 6.24. The molecule has 0 aliphatic rings. The number of rotatable bonds is 5. The molecule has 1 heterocycles. The van der Waals surface area contributed by atoms with E-state index in [0.717, 1.165) is 10.6 Å². The molecular formula is C19H31NO2S. The van der Waals surface area contributed by atoms with Crippen molar-refractivity contribution in [3.8, 4) is 0 Å². The Morgan fingerprint density at radius 2 is 1.74 bits per heavy atom. The summed E-state index contributed by atoms with van der Waals surface area (Å²) < 4.78 is 4.71. The fourth-order valence-electron chi connectivity index (χ4n) is 1.30. The topological polar surface area (TPSA) is 39.2 Å². The van der Waals surface area contributed by atoms with Gasteiger partial charge in [-0.25, -0.2) is 9.78 Å². The third-order valence-electron chi connectivity index (χ3n) is 2.12. The van der Waals surface area contributed by atoms with Crippen molar-refractivity contribution in [2.45, 2.75) is 42.0 Å². The van der Waals surface area contributed by atoms with Crippen LogP contribution < -0.4 is 0 Å². The number of aryl methyl sites for hydroxylation is 1. The van der Waals surface area contributed by atoms with E-state index in [0.29, 0.717) is 10.6 Å². The van der Waals surface area contributed by atoms with Crippen LogP contribution in [0.25, 0.3) is 5.57 Å². The second kappa shape index (κ2) is 16.4. The van der Waals surface area contributed by atoms with Crippen molar-refractivity contribution in [2.75, 3.05) is 7.11 Å². The molecule has 0 saturated carbocycles. The van der Waals surface area contributed by atoms with Crippen LogP contribution in [0.15, 0.2) is 43.5 Å². The lowest BCUT2D eigenvalue weighted by Gasteiger charge is -1.94. The summed E-state index contributed by atoms with van der Waals surface area (Å²) in [5, 5.41) is 0.755. The molecule has 0 aliphatic heterocycles. The number of nitrogens with zero attached hydrogens (tertiary/aromatic N) is 1. The van der Waals surface area contributed by atoms with Crippen molar-refractivity contribution in [1.82, 2.24) is 4.98 Å². The number of methoxy groups -OCH3 is 1. The van der Waals surface area contributed by atoms with Gasteiger partial charge in [0.1, 0.15) is 9.88 Å². The Morgan fingerprint density at radius 1 is 1.17 bits per heavy atom. The summed E-state index contributed by atoms with van der Waals surface area (Å²) in [6, 6.07) is 0. The van der Waals surface area contributed by atoms with Gasteiger partial charge in [0.05, 0.1) is 12.8 Å². The molecule has 0 aromatic carbocycles. The summed E-state index contributed by atoms with van der Waals surface area (Å²) in [5.41, 5.74) is 1.55. The van der Waals surface area contributed by atoms with Gasteiger partial charge in [0.25, 0.3) is 0 Å². The van der Waals surface area contributed by atoms with Crippen LogP contribution in [0.1, 0.15) is 55.5 Å². The minimum atomic E-state index is -0.359. The van der Waals surface area contributed by atoms with Gasteiger partial charge in [-0.05, 0) is 6.92 Å². The molecule has 0 saturated heterocycles. The van der Waals surface area contributed by atoms with Gasteiger partial charge < -0.3 is 4.74 Å². The fourth-order valence-corrected chi connectivity index (χ4v) is 2.29. The third-order valence-corrected chi connectivity index (χ3v) is 3.31. The maximum atomic E-state index is 11.5. The number of carbonyl (C=O) groups excluding carboxylic acids is 1. The van der Waals surface area contributed by atoms with Gasteiger partial charge in [0, 0.05) is 5.57 Å². The van der Waals surface area contributed by atoms with E-state index >= 15 is 0 Å². The van der Waals surface area contributed by atoms with Crippen molar-refractivity contribution in [1.29, 1.82) is 0 Å². The molecule has 130 valence electrons. The average Bonchev–Trinajstić information content (AvgIpc) is 2.96. The van der Waals surface area contributed by atoms with Gasteiger partial charge in [0.15, 0.2) is 0 Å². The summed E-state index contributed by atoms with van der Waals surface area (Å²) in [6.07, 6.45) is 8.87. The minimum absolute atomic E-state index is 0. The van der Waals surface area contributed by atoms with E-state index in [-0.39, 0.29) is 13.4 Å². The zero-order valence-corrected chi connectivity index (χ0v) is 15.3. The quantitative estimate of drug-likeness (QED) is 0.471. The van der Waals surface area contributed by atoms with E-state index in [9.17, 15) is 4.79 Å². The standard InChI is InChI=1S/C14H15NO2S.2C2H6.CH4/c1-5-7-9-11(8-6-2)13-15-10(3)12(18-13)14(16)17-4;2*1-2;/h5-9H,1-2H2,3-4H3;2*1-2H3;1H4/b9-7-,11-8+;;;. The molecule has 0 atom stereocenters. The number of carbonyl (C=O) groups is 1. The molecule has 0 aliphatic carbocycles. The normalized spacial score (nSPS) is 9.57. The summed E-state index contributed by atoms with van der Waals surface area (Å²) >= 11 is 1.30. The Morgan fingerprint density at radius 3 is 2.17 bits per heavy atom. The molecule has 0 N–H and O–H groups in total. The molecule has 0 radical (unpaired) electrons. The van der Waals surface area contributed by atoms with Crippen LogP contribution in [0, 0.1) is 6.92 Å². The smallest absolute Gasteiger partial charge is 0.349 e. The molecule has 0 spiro atoms. The third kappa shape index (κ3) is 8.94. The van der Waals surface area contributed by atoms with Crippen molar-refractivity contribution in [3.63, 3.8) is 0 Å². The Kier molecular flexibility index (Phi) is 18.6. The van der Waals surface area contributed by atoms with E-state index in [1.54, 1.807) is 19.1 Å². The molecular weight excluding hydrogens is 306 g/mol. The van der Waals surface area contributed by atoms with Crippen LogP contribution in [0.2, 0.25) is 0 Å². The molecule has 0 fully saturated rings. The van der Waals surface area contributed by atoms with Gasteiger partial charge >= 0.3 is 5.97 Å². The van der Waals surface area contributed by atoms with Crippen LogP contribution in [-0.2, 0) is 4.74 Å². The lowest BCUT2D eigenvalue weighted by molar-refractivity contribution is 0.0605. The molecule has 0 amide bonds. The first-order valence-electron chi connectivity index (χ1n) is 7.32. The monoisotopic (exact) mass is 337 g/mol. The van der Waals surface area contributed by atoms with Crippen molar-refractivity contribution >= 4 is 22.9 Å². The van der Waals surface area contributed by atoms with Crippen LogP contribution in [0.3, 0.4) is 0 Å². The largest absolute Gasteiger partial charge is 0.465 e. The molecule has 1 aromatic rings. The van der Waals surface area contributed by atoms with Gasteiger partial charge in [0.2, 0.25) is 0 Å². The first-order chi connectivity index (χ1) is 10.6. The van der Waals surface area contributed by atoms with Crippen LogP contribution in [-0.4, -0.2) is 18.1 Å². The Labute approximate surface area is 146 Å². The highest BCUT2D eigenvalue weighted by atomic mass is 32.1. The predicted molar refractivity (Wildman–Crippen MR) is 105 cm³/mol. The van der Waals surface area contributed by atoms with E-state index in [4.69, 9.17) is 4.74 Å². The van der Waals surface area contributed by atoms with E-state index in [1.165, 1.54) is 18.4 Å². The number of aromatic nitrogens is 1. The average molecular weight is 338 g/mol. The zero-order chi connectivity index (χ0) is 17.5. The second-order valence-electron chi connectivity index (χ2n) is 3.38. The summed E-state index contributed by atoms with van der Waals surface area (Å²) in [7, 11) is 1.36. The van der Waals surface area contributed by atoms with Crippen LogP contribution in [0.5, 0.6) is 0 Å². The fraction of sp³-hybridized carbons (Fsp3) is 0.368. The minimum Gasteiger partial charge on any atom is -0.465 e. The summed E-state index contributed by atoms with van der Waals surface area (Å²) in [4.78, 5) is 16.4. The molecule has 0 unspecified atom stereocenters. The van der Waals surface area contributed by atoms with Crippen LogP contribution in [0.4, 0.5) is 0 Å². The number of hydrogen-bond donors (Lipinski definition) is 0. The number of thiazole rings is 1. The highest BCUT2D eigenvalue weighted by Gasteiger charge is 2.16. The number of allylic oxidation sites excluding steroid dienone is 6. The maximum Gasteiger partial charge on any atom is 0.349 e. The van der Waals surface area contributed by atoms with Gasteiger partial charge in [-0.3, -0.25) is 0 Å². The second-order valence-corrected chi connectivity index (χ2v) is 4.38. The Bertz CT molecular complexity index is 525. The van der Waals surface area contributed by atoms with Crippen molar-refractivity contribution < 1.29 is 9.53 Å². The highest BCUT2D eigenvalue weighted by Crippen LogP contribution is 2.26. The lowest BCUT2D eigenvalue weighted by Crippen LogP contribution is -1.99. The van der Waals surface area contributed by atoms with E-state index in [1.807, 2.05) is 45.9 Å². The first kappa shape index (κ1) is 26.0. The van der Waals surface area contributed by atoms with Gasteiger partial charge in [-0.1, -0.05) is 78.7 Å². The molecule has 1 aromatic heterocycles. The van der Waals surface area contributed by atoms with Crippen molar-refractivity contribution in [3.05, 3.63) is 59.1 Å². The number of ether oxygens (including phenoxy) is 1. The SMILES string of the molecule is C.C=C/C=C\C(=C/C=C)c1nc(C)c(C(=O)OC)s1.CC.CC. The van der Waals surface area contributed by atoms with Crippen molar-refractivity contribution in [2.24, 2.45) is 0 Å². The molecule has 0 bridgehead atoms. The van der Waals surface area contributed by atoms with E-state index in [2.05, 4.69) is 18.1 Å². The first-order valence-corrected chi connectivity index (χ1v) is 8.13. The van der Waals surface area contributed by atoms with Crippen LogP contribution >= 0.6 is 11.3 Å². The summed E-state index contributed by atoms with van der Waals surface area (Å²) in [6.45, 7) is 17.1. The molecule has 3 nitrogen and oxygen atoms in total. The van der Waals surface area contributed by atoms with E-state index < -0.39 is 0 Å². The Hall–Kier alpha value is -1.94. The molecule has 4 heteroatoms. The highest BCUT2D eigenvalue weighted by molar-refractivity contribution is 7.14. The Balaban J connectivity index is -0.000000739. The number of esters is 1. The lowest BCUT2D eigenvalue weighted by atomic mass is 10.2. The number of hydrogen-bond acceptors (Lipinski definition) is 4. The molecule has 23 heavy (non-hydrogen) atoms. The van der Waals surface area contributed by atoms with Gasteiger partial charge in [-0.15, -0.1) is 11.3 Å². The zero-order valence-electron chi connectivity index (χ0n) is 14.5. The molecule has 1 rings (SSSR count). The maximum absolute atomic E-state index is 11.5.